The Morgan fingerprint density at radius 1 is 1.00 bits per heavy atom. The van der Waals surface area contributed by atoms with E-state index in [4.69, 9.17) is 10.5 Å². The predicted octanol–water partition coefficient (Wildman–Crippen LogP) is 0.613. The average molecular weight is 282 g/mol. The van der Waals surface area contributed by atoms with Crippen LogP contribution in [0, 0.1) is 0 Å². The van der Waals surface area contributed by atoms with Gasteiger partial charge in [-0.3, -0.25) is 0 Å². The molecule has 0 atom stereocenters. The van der Waals surface area contributed by atoms with Gasteiger partial charge >= 0.3 is 17.1 Å². The fourth-order valence-electron chi connectivity index (χ4n) is 0. The van der Waals surface area contributed by atoms with Crippen molar-refractivity contribution in [3.05, 3.63) is 0 Å². The quantitative estimate of drug-likeness (QED) is 0.220. The van der Waals surface area contributed by atoms with Crippen LogP contribution in [-0.2, 0) is 52.1 Å². The second-order valence-corrected chi connectivity index (χ2v) is 2.68. The maximum absolute atomic E-state index is 7.40. The van der Waals surface area contributed by atoms with Crippen LogP contribution in [-0.4, -0.2) is 19.3 Å². The van der Waals surface area contributed by atoms with Crippen LogP contribution in [0.25, 0.3) is 0 Å². The summed E-state index contributed by atoms with van der Waals surface area (Å²) >= 11 is 16.2. The SMILES string of the molecule is OOC(=S)[S-].OOC(=S)[S-].[Cu+2]. The molecule has 0 bridgehead atoms. The van der Waals surface area contributed by atoms with Gasteiger partial charge in [-0.1, -0.05) is 0 Å². The Morgan fingerprint density at radius 2 is 1.09 bits per heavy atom. The van der Waals surface area contributed by atoms with Crippen molar-refractivity contribution in [2.45, 2.75) is 0 Å². The monoisotopic (exact) mass is 281 g/mol. The molecule has 0 aliphatic carbocycles. The molecule has 0 fully saturated rings. The fraction of sp³-hybridized carbons (Fsp3) is 0. The first-order valence-corrected chi connectivity index (χ1v) is 3.22. The second-order valence-electron chi connectivity index (χ2n) is 0.683. The van der Waals surface area contributed by atoms with Gasteiger partial charge in [-0.05, 0) is 0 Å². The molecule has 0 aliphatic heterocycles. The third-order valence-electron chi connectivity index (χ3n) is 0.149. The number of rotatable bonds is 0. The first-order valence-electron chi connectivity index (χ1n) is 1.59. The van der Waals surface area contributed by atoms with Crippen LogP contribution >= 0.6 is 24.4 Å². The smallest absolute Gasteiger partial charge is 0.387 e. The van der Waals surface area contributed by atoms with Crippen LogP contribution in [0.3, 0.4) is 0 Å². The van der Waals surface area contributed by atoms with Crippen molar-refractivity contribution in [1.29, 1.82) is 0 Å². The van der Waals surface area contributed by atoms with Gasteiger partial charge in [0.1, 0.15) is 0 Å². The summed E-state index contributed by atoms with van der Waals surface area (Å²) < 4.78 is -0.546. The predicted molar refractivity (Wildman–Crippen MR) is 47.4 cm³/mol. The van der Waals surface area contributed by atoms with Crippen LogP contribution in [0.4, 0.5) is 0 Å². The molecule has 9 heteroatoms. The van der Waals surface area contributed by atoms with E-state index >= 15 is 0 Å². The van der Waals surface area contributed by atoms with Crippen LogP contribution < -0.4 is 0 Å². The molecule has 0 unspecified atom stereocenters. The molecule has 0 aromatic rings. The summed E-state index contributed by atoms with van der Waals surface area (Å²) in [4.78, 5) is 6.59. The van der Waals surface area contributed by atoms with E-state index in [1.165, 1.54) is 0 Å². The third kappa shape index (κ3) is 36.8. The van der Waals surface area contributed by atoms with E-state index in [2.05, 4.69) is 59.5 Å². The molecule has 0 rings (SSSR count). The fourth-order valence-corrected chi connectivity index (χ4v) is 0. The minimum Gasteiger partial charge on any atom is -0.387 e. The zero-order valence-electron chi connectivity index (χ0n) is 4.65. The summed E-state index contributed by atoms with van der Waals surface area (Å²) in [5, 5.41) is 14.8. The zero-order chi connectivity index (χ0) is 8.57. The van der Waals surface area contributed by atoms with E-state index < -0.39 is 0 Å². The van der Waals surface area contributed by atoms with E-state index in [0.717, 1.165) is 0 Å². The molecular formula is C2H2CuO4S4. The molecule has 0 heterocycles. The van der Waals surface area contributed by atoms with Gasteiger partial charge in [0.25, 0.3) is 0 Å². The number of hydrogen-bond acceptors (Lipinski definition) is 8. The molecule has 0 amide bonds. The molecule has 0 saturated heterocycles. The average Bonchev–Trinajstić information content (AvgIpc) is 1.89. The summed E-state index contributed by atoms with van der Waals surface area (Å²) in [6, 6.07) is 0. The number of hydrogen-bond donors (Lipinski definition) is 2. The van der Waals surface area contributed by atoms with Crippen LogP contribution in [0.5, 0.6) is 0 Å². The van der Waals surface area contributed by atoms with E-state index in [9.17, 15) is 0 Å². The molecule has 0 spiro atoms. The Kier molecular flexibility index (Phi) is 21.3. The Bertz CT molecular complexity index is 105. The van der Waals surface area contributed by atoms with Crippen LogP contribution in [0.2, 0.25) is 0 Å². The molecule has 1 radical (unpaired) electrons. The molecule has 69 valence electrons. The van der Waals surface area contributed by atoms with Gasteiger partial charge in [-0.2, -0.15) is 0 Å². The molecular weight excluding hydrogens is 280 g/mol. The summed E-state index contributed by atoms with van der Waals surface area (Å²) in [7, 11) is 0. The van der Waals surface area contributed by atoms with Crippen molar-refractivity contribution in [3.8, 4) is 0 Å². The minimum absolute atomic E-state index is 0. The maximum Gasteiger partial charge on any atom is 2.00 e. The normalized spacial score (nSPS) is 6.00. The summed E-state index contributed by atoms with van der Waals surface area (Å²) in [5.74, 6) is 0. The number of thiocarbonyl (C=S) groups is 2. The van der Waals surface area contributed by atoms with E-state index in [1.807, 2.05) is 0 Å². The van der Waals surface area contributed by atoms with Gasteiger partial charge in [0.15, 0.2) is 0 Å². The van der Waals surface area contributed by atoms with E-state index in [1.54, 1.807) is 0 Å². The Morgan fingerprint density at radius 3 is 1.09 bits per heavy atom. The van der Waals surface area contributed by atoms with Gasteiger partial charge in [-0.25, -0.2) is 10.5 Å². The van der Waals surface area contributed by atoms with Crippen molar-refractivity contribution >= 4 is 58.5 Å². The van der Waals surface area contributed by atoms with Gasteiger partial charge in [0.05, 0.1) is 8.77 Å². The van der Waals surface area contributed by atoms with E-state index in [-0.39, 0.29) is 25.8 Å². The largest absolute Gasteiger partial charge is 2.00 e. The minimum atomic E-state index is -0.273. The second kappa shape index (κ2) is 13.3. The first-order chi connectivity index (χ1) is 4.54. The molecule has 0 aliphatic rings. The van der Waals surface area contributed by atoms with Gasteiger partial charge in [0, 0.05) is 0 Å². The zero-order valence-corrected chi connectivity index (χ0v) is 8.85. The summed E-state index contributed by atoms with van der Waals surface area (Å²) in [5.41, 5.74) is 0. The van der Waals surface area contributed by atoms with Crippen molar-refractivity contribution in [2.75, 3.05) is 0 Å². The molecule has 11 heavy (non-hydrogen) atoms. The first kappa shape index (κ1) is 17.7. The summed E-state index contributed by atoms with van der Waals surface area (Å²) in [6.07, 6.45) is 0. The van der Waals surface area contributed by atoms with Crippen molar-refractivity contribution in [1.82, 2.24) is 0 Å². The van der Waals surface area contributed by atoms with Crippen molar-refractivity contribution in [2.24, 2.45) is 0 Å². The van der Waals surface area contributed by atoms with Gasteiger partial charge in [0.2, 0.25) is 0 Å². The standard InChI is InChI=1S/2CH2O2S2.Cu/c2*2-3-1(4)5;/h2*2H,(H,4,5);/q;;+2/p-2. The van der Waals surface area contributed by atoms with Crippen LogP contribution in [0.1, 0.15) is 0 Å². The van der Waals surface area contributed by atoms with Crippen LogP contribution in [0.15, 0.2) is 0 Å². The molecule has 0 aromatic heterocycles. The third-order valence-corrected chi connectivity index (χ3v) is 0.447. The Labute approximate surface area is 95.4 Å². The van der Waals surface area contributed by atoms with Crippen molar-refractivity contribution in [3.63, 3.8) is 0 Å². The van der Waals surface area contributed by atoms with Gasteiger partial charge in [-0.15, -0.1) is 0 Å². The molecule has 2 N–H and O–H groups in total. The molecule has 4 nitrogen and oxygen atoms in total. The maximum atomic E-state index is 7.40. The van der Waals surface area contributed by atoms with Gasteiger partial charge < -0.3 is 59.5 Å². The molecule has 0 saturated carbocycles. The van der Waals surface area contributed by atoms with E-state index in [0.29, 0.717) is 0 Å². The van der Waals surface area contributed by atoms with Crippen molar-refractivity contribution < 1.29 is 37.4 Å². The molecule has 0 aromatic carbocycles. The topological polar surface area (TPSA) is 58.9 Å². The Hall–Kier alpha value is 0.659. The summed E-state index contributed by atoms with van der Waals surface area (Å²) in [6.45, 7) is 0. The Balaban J connectivity index is -0.000000107.